The summed E-state index contributed by atoms with van der Waals surface area (Å²) >= 11 is 0. The fourth-order valence-corrected chi connectivity index (χ4v) is 10.7. The van der Waals surface area contributed by atoms with Gasteiger partial charge in [-0.1, -0.05) is 18.1 Å². The van der Waals surface area contributed by atoms with Gasteiger partial charge in [0.1, 0.15) is 28.7 Å². The van der Waals surface area contributed by atoms with Crippen LogP contribution in [-0.2, 0) is 34.5 Å². The second-order valence-corrected chi connectivity index (χ2v) is 19.0. The number of ether oxygens (including phenoxy) is 2. The van der Waals surface area contributed by atoms with Gasteiger partial charge in [-0.2, -0.15) is 10.2 Å². The van der Waals surface area contributed by atoms with Gasteiger partial charge in [0.25, 0.3) is 5.91 Å². The smallest absolute Gasteiger partial charge is 0.383 e. The first kappa shape index (κ1) is 42.7. The molecule has 18 heteroatoms. The molecular weight excluding hydrogens is 863 g/mol. The summed E-state index contributed by atoms with van der Waals surface area (Å²) in [5, 5.41) is 15.1. The van der Waals surface area contributed by atoms with Gasteiger partial charge in [-0.25, -0.2) is 23.1 Å². The lowest BCUT2D eigenvalue weighted by Crippen LogP contribution is -2.39. The Morgan fingerprint density at radius 1 is 0.985 bits per heavy atom. The highest BCUT2D eigenvalue weighted by Crippen LogP contribution is 2.56. The van der Waals surface area contributed by atoms with Crippen LogP contribution in [0.4, 0.5) is 8.78 Å². The molecule has 3 atom stereocenters. The van der Waals surface area contributed by atoms with Crippen LogP contribution in [0.15, 0.2) is 81.2 Å². The van der Waals surface area contributed by atoms with E-state index in [2.05, 4.69) is 54.2 Å². The Labute approximate surface area is 382 Å². The van der Waals surface area contributed by atoms with Gasteiger partial charge in [0.05, 0.1) is 54.1 Å². The number of imidazole rings is 1. The number of carbonyl (C=O) groups is 1. The number of amides is 1. The number of aromatic nitrogens is 9. The molecule has 7 heterocycles. The van der Waals surface area contributed by atoms with Crippen LogP contribution < -0.4 is 11.4 Å². The summed E-state index contributed by atoms with van der Waals surface area (Å²) in [5.74, 6) is -0.964. The lowest BCUT2D eigenvalue weighted by atomic mass is 9.83. The molecule has 1 aliphatic carbocycles. The number of benzene rings is 3. The number of halogens is 2. The molecule has 8 aromatic rings. The quantitative estimate of drug-likeness (QED) is 0.152. The van der Waals surface area contributed by atoms with Gasteiger partial charge < -0.3 is 18.9 Å². The van der Waals surface area contributed by atoms with Crippen molar-refractivity contribution in [3.8, 4) is 17.2 Å². The van der Waals surface area contributed by atoms with Crippen LogP contribution in [0, 0.1) is 31.4 Å². The van der Waals surface area contributed by atoms with Gasteiger partial charge in [0, 0.05) is 67.0 Å². The summed E-state index contributed by atoms with van der Waals surface area (Å²) in [5.41, 5.74) is 3.85. The number of aryl methyl sites for hydroxylation is 2. The van der Waals surface area contributed by atoms with Crippen LogP contribution in [0.5, 0.6) is 0 Å². The van der Waals surface area contributed by atoms with Gasteiger partial charge in [0.15, 0.2) is 5.82 Å². The van der Waals surface area contributed by atoms with E-state index in [0.717, 1.165) is 29.3 Å². The molecule has 5 aromatic heterocycles. The maximum Gasteiger partial charge on any atom is 0.438 e. The van der Waals surface area contributed by atoms with Crippen molar-refractivity contribution in [3.63, 3.8) is 0 Å². The average molecular weight is 913 g/mol. The zero-order chi connectivity index (χ0) is 46.7. The summed E-state index contributed by atoms with van der Waals surface area (Å²) in [6.45, 7) is 11.4. The van der Waals surface area contributed by atoms with Crippen molar-refractivity contribution < 1.29 is 27.6 Å². The summed E-state index contributed by atoms with van der Waals surface area (Å²) in [6, 6.07) is 14.6. The molecule has 3 aromatic carbocycles. The highest BCUT2D eigenvalue weighted by atomic mass is 19.1. The van der Waals surface area contributed by atoms with Crippen LogP contribution in [0.1, 0.15) is 90.2 Å². The third-order valence-corrected chi connectivity index (χ3v) is 14.2. The number of rotatable bonds is 10. The predicted octanol–water partition coefficient (Wildman–Crippen LogP) is 6.99. The van der Waals surface area contributed by atoms with Gasteiger partial charge in [-0.15, -0.1) is 0 Å². The van der Waals surface area contributed by atoms with Crippen molar-refractivity contribution in [1.29, 1.82) is 0 Å². The Balaban J connectivity index is 1.03. The van der Waals surface area contributed by atoms with E-state index in [4.69, 9.17) is 19.1 Å². The molecule has 2 fully saturated rings. The van der Waals surface area contributed by atoms with Crippen LogP contribution in [0.25, 0.3) is 39.0 Å². The maximum absolute atomic E-state index is 16.1. The summed E-state index contributed by atoms with van der Waals surface area (Å²) in [4.78, 5) is 47.0. The predicted molar refractivity (Wildman–Crippen MR) is 243 cm³/mol. The number of H-pyrrole nitrogens is 1. The molecule has 1 amide bonds. The number of nitrogens with zero attached hydrogens (tertiary/aromatic N) is 9. The molecule has 1 N–H and O–H groups in total. The van der Waals surface area contributed by atoms with Crippen molar-refractivity contribution >= 4 is 27.7 Å². The van der Waals surface area contributed by atoms with Crippen molar-refractivity contribution in [2.75, 3.05) is 26.9 Å². The minimum atomic E-state index is -0.854. The number of methoxy groups -OCH3 is 1. The Kier molecular flexibility index (Phi) is 9.93. The third kappa shape index (κ3) is 6.90. The first-order chi connectivity index (χ1) is 32.1. The maximum atomic E-state index is 16.1. The normalized spacial score (nSPS) is 20.3. The highest BCUT2D eigenvalue weighted by Gasteiger charge is 2.59. The molecule has 11 rings (SSSR count). The Bertz CT molecular complexity index is 3400. The number of carbonyl (C=O) groups excluding carboxylic acids is 1. The standard InChI is InChI=1S/C49H50F2N10O6/c1-27-17-34(18-28(2)42(27)51)61-43(58-13-12-57(47(58)64)40-21-33-25-52-59(14-16-65-6)39(33)22-36(40)50)35-26-56(11-9-37(35)54-61)44(62)41-20-32-19-30(31-10-15-66-48(4,5)24-31)7-8-38(32)60(41)49(23-29(49)3)45-53-46(63)67-55-45/h7-8,12-13,17-22,25,29,31H,9-11,14-16,23-24,26H2,1-6H3,(H,53,55,63)/t29-,31?,49-/m0/s1. The number of hydrogen-bond acceptors (Lipinski definition) is 9. The van der Waals surface area contributed by atoms with E-state index >= 15 is 13.6 Å². The molecule has 1 unspecified atom stereocenters. The fraction of sp³-hybridized carbons (Fsp3) is 0.388. The molecular formula is C49H50F2N10O6. The average Bonchev–Trinajstić information content (AvgIpc) is 3.93. The Morgan fingerprint density at radius 2 is 1.76 bits per heavy atom. The molecule has 3 aliphatic rings. The van der Waals surface area contributed by atoms with E-state index < -0.39 is 22.8 Å². The highest BCUT2D eigenvalue weighted by molar-refractivity contribution is 5.99. The summed E-state index contributed by atoms with van der Waals surface area (Å²) in [6.07, 6.45) is 7.35. The SMILES string of the molecule is COCCn1ncc2cc(-n3ccn(-c4c5c(nn4-c4cc(C)c(F)c(C)c4)CCN(C(=O)c4cc6cc(C7CCOC(C)(C)C7)ccc6n4[C@@]4(c6noc(=O)[nH]6)C[C@@H]4C)C5)c3=O)c(F)cc21. The second-order valence-electron chi connectivity index (χ2n) is 19.0. The van der Waals surface area contributed by atoms with Gasteiger partial charge in [-0.3, -0.25) is 28.1 Å². The molecule has 346 valence electrons. The number of hydrogen-bond donors (Lipinski definition) is 1. The van der Waals surface area contributed by atoms with Crippen LogP contribution in [-0.4, -0.2) is 86.7 Å². The van der Waals surface area contributed by atoms with E-state index in [9.17, 15) is 9.59 Å². The van der Waals surface area contributed by atoms with Crippen LogP contribution in [0.3, 0.4) is 0 Å². The molecule has 0 bridgehead atoms. The molecule has 1 saturated carbocycles. The fourth-order valence-electron chi connectivity index (χ4n) is 10.7. The van der Waals surface area contributed by atoms with E-state index in [1.54, 1.807) is 65.8 Å². The summed E-state index contributed by atoms with van der Waals surface area (Å²) < 4.78 is 55.4. The summed E-state index contributed by atoms with van der Waals surface area (Å²) in [7, 11) is 1.58. The lowest BCUT2D eigenvalue weighted by Gasteiger charge is -2.35. The third-order valence-electron chi connectivity index (χ3n) is 14.2. The number of fused-ring (bicyclic) bond motifs is 3. The first-order valence-electron chi connectivity index (χ1n) is 22.6. The van der Waals surface area contributed by atoms with Crippen molar-refractivity contribution in [1.82, 2.24) is 48.3 Å². The van der Waals surface area contributed by atoms with E-state index in [1.807, 2.05) is 10.6 Å². The first-order valence-corrected chi connectivity index (χ1v) is 22.6. The van der Waals surface area contributed by atoms with Gasteiger partial charge in [0.2, 0.25) is 0 Å². The second kappa shape index (κ2) is 15.6. The minimum absolute atomic E-state index is 0.0000788. The van der Waals surface area contributed by atoms with Crippen LogP contribution in [0.2, 0.25) is 0 Å². The lowest BCUT2D eigenvalue weighted by molar-refractivity contribution is -0.0592. The van der Waals surface area contributed by atoms with Crippen molar-refractivity contribution in [2.45, 2.75) is 90.4 Å². The molecule has 2 aliphatic heterocycles. The Hall–Kier alpha value is -6.92. The van der Waals surface area contributed by atoms with Crippen molar-refractivity contribution in [3.05, 3.63) is 139 Å². The molecule has 67 heavy (non-hydrogen) atoms. The molecule has 1 saturated heterocycles. The van der Waals surface area contributed by atoms with E-state index in [0.29, 0.717) is 95.5 Å². The van der Waals surface area contributed by atoms with Gasteiger partial charge >= 0.3 is 11.4 Å². The number of nitrogens with one attached hydrogen (secondary N) is 1. The minimum Gasteiger partial charge on any atom is -0.383 e. The zero-order valence-corrected chi connectivity index (χ0v) is 38.1. The Morgan fingerprint density at radius 3 is 2.48 bits per heavy atom. The van der Waals surface area contributed by atoms with E-state index in [-0.39, 0.29) is 41.4 Å². The molecule has 16 nitrogen and oxygen atoms in total. The van der Waals surface area contributed by atoms with Crippen LogP contribution >= 0.6 is 0 Å². The molecule has 0 spiro atoms. The topological polar surface area (TPSA) is 165 Å². The largest absolute Gasteiger partial charge is 0.438 e. The number of aromatic amines is 1. The monoisotopic (exact) mass is 912 g/mol. The molecule has 0 radical (unpaired) electrons. The zero-order valence-electron chi connectivity index (χ0n) is 38.1. The van der Waals surface area contributed by atoms with Gasteiger partial charge in [-0.05, 0) is 112 Å². The van der Waals surface area contributed by atoms with Crippen molar-refractivity contribution in [2.24, 2.45) is 5.92 Å². The van der Waals surface area contributed by atoms with E-state index in [1.165, 1.54) is 21.4 Å².